The predicted molar refractivity (Wildman–Crippen MR) is 91.2 cm³/mol. The first-order valence-corrected chi connectivity index (χ1v) is 8.22. The van der Waals surface area contributed by atoms with Crippen LogP contribution < -0.4 is 0 Å². The molecule has 0 spiro atoms. The second-order valence-electron chi connectivity index (χ2n) is 5.90. The zero-order valence-corrected chi connectivity index (χ0v) is 13.9. The molecule has 1 atom stereocenters. The number of halogens is 1. The van der Waals surface area contributed by atoms with Gasteiger partial charge in [0.2, 0.25) is 5.91 Å². The molecule has 1 amide bonds. The van der Waals surface area contributed by atoms with Gasteiger partial charge in [0, 0.05) is 24.5 Å². The lowest BCUT2D eigenvalue weighted by atomic mass is 10.1. The molecule has 1 saturated heterocycles. The highest BCUT2D eigenvalue weighted by atomic mass is 35.5. The third-order valence-electron chi connectivity index (χ3n) is 4.06. The molecular weight excluding hydrogens is 326 g/mol. The molecule has 3 rings (SSSR count). The maximum atomic E-state index is 12.2. The fraction of sp³-hybridized carbons (Fsp3) is 0.263. The summed E-state index contributed by atoms with van der Waals surface area (Å²) in [5, 5.41) is 0.642. The van der Waals surface area contributed by atoms with Gasteiger partial charge >= 0.3 is 5.97 Å². The Labute approximate surface area is 146 Å². The van der Waals surface area contributed by atoms with Gasteiger partial charge < -0.3 is 9.64 Å². The number of hydrogen-bond donors (Lipinski definition) is 0. The number of rotatable bonds is 5. The van der Waals surface area contributed by atoms with Gasteiger partial charge in [0.15, 0.2) is 0 Å². The van der Waals surface area contributed by atoms with Gasteiger partial charge in [-0.2, -0.15) is 0 Å². The van der Waals surface area contributed by atoms with Crippen molar-refractivity contribution in [3.63, 3.8) is 0 Å². The molecule has 2 aromatic carbocycles. The van der Waals surface area contributed by atoms with E-state index in [0.29, 0.717) is 18.1 Å². The van der Waals surface area contributed by atoms with E-state index < -0.39 is 5.92 Å². The Morgan fingerprint density at radius 2 is 1.79 bits per heavy atom. The summed E-state index contributed by atoms with van der Waals surface area (Å²) in [4.78, 5) is 26.0. The molecule has 1 fully saturated rings. The zero-order chi connectivity index (χ0) is 16.9. The molecule has 1 aliphatic rings. The number of nitrogens with zero attached hydrogens (tertiary/aromatic N) is 1. The number of carbonyl (C=O) groups is 2. The van der Waals surface area contributed by atoms with Crippen molar-refractivity contribution in [3.05, 3.63) is 70.7 Å². The van der Waals surface area contributed by atoms with E-state index in [-0.39, 0.29) is 24.9 Å². The molecule has 0 N–H and O–H groups in total. The Hall–Kier alpha value is -2.33. The highest BCUT2D eigenvalue weighted by molar-refractivity contribution is 6.30. The maximum Gasteiger partial charge on any atom is 0.311 e. The van der Waals surface area contributed by atoms with Crippen LogP contribution in [0.15, 0.2) is 54.6 Å². The lowest BCUT2D eigenvalue weighted by Crippen LogP contribution is -2.26. The second-order valence-corrected chi connectivity index (χ2v) is 6.33. The Morgan fingerprint density at radius 3 is 2.50 bits per heavy atom. The van der Waals surface area contributed by atoms with Gasteiger partial charge in [-0.05, 0) is 23.3 Å². The molecule has 5 heteroatoms. The number of benzene rings is 2. The molecule has 0 saturated carbocycles. The minimum Gasteiger partial charge on any atom is -0.461 e. The van der Waals surface area contributed by atoms with E-state index in [1.807, 2.05) is 42.5 Å². The van der Waals surface area contributed by atoms with E-state index in [1.165, 1.54) is 0 Å². The third kappa shape index (κ3) is 4.15. The molecule has 1 heterocycles. The van der Waals surface area contributed by atoms with Gasteiger partial charge in [0.05, 0.1) is 5.92 Å². The lowest BCUT2D eigenvalue weighted by Gasteiger charge is -2.16. The van der Waals surface area contributed by atoms with Gasteiger partial charge in [-0.25, -0.2) is 0 Å². The van der Waals surface area contributed by atoms with Gasteiger partial charge in [-0.1, -0.05) is 54.1 Å². The Morgan fingerprint density at radius 1 is 1.08 bits per heavy atom. The van der Waals surface area contributed by atoms with Crippen molar-refractivity contribution in [1.82, 2.24) is 4.90 Å². The average Bonchev–Trinajstić information content (AvgIpc) is 2.96. The molecule has 1 aliphatic heterocycles. The minimum absolute atomic E-state index is 0.00713. The van der Waals surface area contributed by atoms with Crippen molar-refractivity contribution < 1.29 is 14.3 Å². The van der Waals surface area contributed by atoms with Crippen LogP contribution in [0.1, 0.15) is 17.5 Å². The first-order valence-electron chi connectivity index (χ1n) is 7.84. The standard InChI is InChI=1S/C19H18ClNO3/c20-17-8-6-15(7-9-17)13-24-19(23)16-10-18(22)21(12-16)11-14-4-2-1-3-5-14/h1-9,16H,10-13H2. The SMILES string of the molecule is O=C(OCc1ccc(Cl)cc1)C1CC(=O)N(Cc2ccccc2)C1. The quantitative estimate of drug-likeness (QED) is 0.781. The maximum absolute atomic E-state index is 12.2. The van der Waals surface area contributed by atoms with Crippen LogP contribution in [0, 0.1) is 5.92 Å². The van der Waals surface area contributed by atoms with Crippen LogP contribution >= 0.6 is 11.6 Å². The Kier molecular flexibility index (Phi) is 5.16. The summed E-state index contributed by atoms with van der Waals surface area (Å²) in [5.41, 5.74) is 1.93. The van der Waals surface area contributed by atoms with Crippen LogP contribution in [0.2, 0.25) is 5.02 Å². The number of carbonyl (C=O) groups excluding carboxylic acids is 2. The first kappa shape index (κ1) is 16.5. The van der Waals surface area contributed by atoms with Crippen molar-refractivity contribution >= 4 is 23.5 Å². The van der Waals surface area contributed by atoms with Gasteiger partial charge in [-0.15, -0.1) is 0 Å². The highest BCUT2D eigenvalue weighted by Crippen LogP contribution is 2.22. The van der Waals surface area contributed by atoms with Crippen molar-refractivity contribution in [2.24, 2.45) is 5.92 Å². The van der Waals surface area contributed by atoms with Crippen LogP contribution in [0.5, 0.6) is 0 Å². The lowest BCUT2D eigenvalue weighted by molar-refractivity contribution is -0.149. The van der Waals surface area contributed by atoms with Crippen LogP contribution in [-0.4, -0.2) is 23.3 Å². The first-order chi connectivity index (χ1) is 11.6. The fourth-order valence-corrected chi connectivity index (χ4v) is 2.87. The highest BCUT2D eigenvalue weighted by Gasteiger charge is 2.35. The summed E-state index contributed by atoms with van der Waals surface area (Å²) in [6.45, 7) is 1.13. The largest absolute Gasteiger partial charge is 0.461 e. The number of esters is 1. The third-order valence-corrected chi connectivity index (χ3v) is 4.31. The van der Waals surface area contributed by atoms with Crippen LogP contribution in [0.3, 0.4) is 0 Å². The van der Waals surface area contributed by atoms with Crippen molar-refractivity contribution in [2.75, 3.05) is 6.54 Å². The van der Waals surface area contributed by atoms with Gasteiger partial charge in [-0.3, -0.25) is 9.59 Å². The van der Waals surface area contributed by atoms with E-state index in [9.17, 15) is 9.59 Å². The van der Waals surface area contributed by atoms with Crippen molar-refractivity contribution in [2.45, 2.75) is 19.6 Å². The summed E-state index contributed by atoms with van der Waals surface area (Å²) in [5.74, 6) is -0.727. The van der Waals surface area contributed by atoms with E-state index in [0.717, 1.165) is 11.1 Å². The Bertz CT molecular complexity index is 715. The summed E-state index contributed by atoms with van der Waals surface area (Å²) in [7, 11) is 0. The smallest absolute Gasteiger partial charge is 0.311 e. The minimum atomic E-state index is -0.395. The summed E-state index contributed by atoms with van der Waals surface area (Å²) < 4.78 is 5.34. The molecular formula is C19H18ClNO3. The molecule has 0 aliphatic carbocycles. The van der Waals surface area contributed by atoms with Gasteiger partial charge in [0.25, 0.3) is 0 Å². The van der Waals surface area contributed by atoms with Crippen molar-refractivity contribution in [1.29, 1.82) is 0 Å². The summed E-state index contributed by atoms with van der Waals surface area (Å²) in [6, 6.07) is 16.9. The monoisotopic (exact) mass is 343 g/mol. The second kappa shape index (κ2) is 7.49. The molecule has 0 bridgehead atoms. The Balaban J connectivity index is 1.53. The zero-order valence-electron chi connectivity index (χ0n) is 13.2. The topological polar surface area (TPSA) is 46.6 Å². The van der Waals surface area contributed by atoms with E-state index in [2.05, 4.69) is 0 Å². The predicted octanol–water partition coefficient (Wildman–Crippen LogP) is 3.43. The molecule has 0 radical (unpaired) electrons. The fourth-order valence-electron chi connectivity index (χ4n) is 2.74. The molecule has 1 unspecified atom stereocenters. The molecule has 124 valence electrons. The number of likely N-dealkylation sites (tertiary alicyclic amines) is 1. The van der Waals surface area contributed by atoms with Crippen molar-refractivity contribution in [3.8, 4) is 0 Å². The molecule has 0 aromatic heterocycles. The molecule has 2 aromatic rings. The number of hydrogen-bond acceptors (Lipinski definition) is 3. The van der Waals surface area contributed by atoms with Crippen LogP contribution in [0.4, 0.5) is 0 Å². The average molecular weight is 344 g/mol. The number of ether oxygens (including phenoxy) is 1. The summed E-state index contributed by atoms with van der Waals surface area (Å²) >= 11 is 5.83. The summed E-state index contributed by atoms with van der Waals surface area (Å²) in [6.07, 6.45) is 0.215. The molecule has 24 heavy (non-hydrogen) atoms. The van der Waals surface area contributed by atoms with Gasteiger partial charge in [0.1, 0.15) is 6.61 Å². The van der Waals surface area contributed by atoms with Crippen LogP contribution in [0.25, 0.3) is 0 Å². The van der Waals surface area contributed by atoms with E-state index >= 15 is 0 Å². The van der Waals surface area contributed by atoms with Crippen LogP contribution in [-0.2, 0) is 27.5 Å². The van der Waals surface area contributed by atoms with E-state index in [1.54, 1.807) is 17.0 Å². The van der Waals surface area contributed by atoms with E-state index in [4.69, 9.17) is 16.3 Å². The number of amides is 1. The molecule has 4 nitrogen and oxygen atoms in total. The normalized spacial score (nSPS) is 17.1.